The normalized spacial score (nSPS) is 14.0. The van der Waals surface area contributed by atoms with E-state index in [2.05, 4.69) is 28.4 Å². The van der Waals surface area contributed by atoms with Crippen molar-refractivity contribution in [1.29, 1.82) is 0 Å². The highest BCUT2D eigenvalue weighted by atomic mass is 32.1. The van der Waals surface area contributed by atoms with Gasteiger partial charge in [0.25, 0.3) is 5.69 Å². The molecule has 0 aromatic heterocycles. The number of benzene rings is 2. The molecule has 122 valence electrons. The Labute approximate surface area is 145 Å². The van der Waals surface area contributed by atoms with E-state index in [1.54, 1.807) is 12.1 Å². The van der Waals surface area contributed by atoms with E-state index in [0.29, 0.717) is 5.11 Å². The quantitative estimate of drug-likeness (QED) is 0.519. The summed E-state index contributed by atoms with van der Waals surface area (Å²) in [6.45, 7) is 1.60. The maximum absolute atomic E-state index is 10.7. The summed E-state index contributed by atoms with van der Waals surface area (Å²) in [6.07, 6.45) is 3.13. The van der Waals surface area contributed by atoms with Crippen LogP contribution in [0.2, 0.25) is 0 Å². The first-order valence-electron chi connectivity index (χ1n) is 7.68. The third-order valence-corrected chi connectivity index (χ3v) is 4.33. The van der Waals surface area contributed by atoms with Crippen LogP contribution in [0.15, 0.2) is 60.7 Å². The maximum Gasteiger partial charge on any atom is 0.269 e. The van der Waals surface area contributed by atoms with Crippen LogP contribution in [0, 0.1) is 10.1 Å². The molecule has 0 unspecified atom stereocenters. The van der Waals surface area contributed by atoms with Gasteiger partial charge in [0.1, 0.15) is 0 Å². The number of rotatable bonds is 3. The lowest BCUT2D eigenvalue weighted by atomic mass is 10.00. The topological polar surface area (TPSA) is 58.4 Å². The summed E-state index contributed by atoms with van der Waals surface area (Å²) in [5.74, 6) is 0. The number of non-ortho nitro benzene ring substituents is 1. The molecule has 0 saturated carbocycles. The minimum absolute atomic E-state index is 0.0693. The van der Waals surface area contributed by atoms with Crippen molar-refractivity contribution in [3.63, 3.8) is 0 Å². The zero-order valence-corrected chi connectivity index (χ0v) is 13.8. The van der Waals surface area contributed by atoms with E-state index < -0.39 is 4.92 Å². The number of thiocarbonyl (C=S) groups is 1. The summed E-state index contributed by atoms with van der Waals surface area (Å²) in [5.41, 5.74) is 3.42. The molecular weight excluding hydrogens is 322 g/mol. The molecular formula is C18H17N3O2S. The average Bonchev–Trinajstić information content (AvgIpc) is 2.63. The molecule has 0 fully saturated rings. The Kier molecular flexibility index (Phi) is 4.86. The second-order valence-corrected chi connectivity index (χ2v) is 5.91. The minimum Gasteiger partial charge on any atom is -0.345 e. The molecule has 2 aromatic rings. The van der Waals surface area contributed by atoms with Gasteiger partial charge in [0, 0.05) is 30.9 Å². The summed E-state index contributed by atoms with van der Waals surface area (Å²) in [7, 11) is 0. The Morgan fingerprint density at radius 2 is 1.83 bits per heavy atom. The highest BCUT2D eigenvalue weighted by molar-refractivity contribution is 7.80. The van der Waals surface area contributed by atoms with Gasteiger partial charge in [0.2, 0.25) is 0 Å². The van der Waals surface area contributed by atoms with Crippen LogP contribution in [0.4, 0.5) is 11.4 Å². The molecule has 0 atom stereocenters. The SMILES string of the molecule is O=[N+]([O-])c1ccc(NC(=S)N2CC=C(c3ccccc3)CC2)cc1. The lowest BCUT2D eigenvalue weighted by Gasteiger charge is -2.29. The monoisotopic (exact) mass is 339 g/mol. The van der Waals surface area contributed by atoms with Gasteiger partial charge in [-0.1, -0.05) is 36.4 Å². The van der Waals surface area contributed by atoms with Crippen molar-refractivity contribution >= 4 is 34.3 Å². The Morgan fingerprint density at radius 3 is 2.42 bits per heavy atom. The van der Waals surface area contributed by atoms with Crippen LogP contribution < -0.4 is 5.32 Å². The number of nitrogens with one attached hydrogen (secondary N) is 1. The van der Waals surface area contributed by atoms with Crippen LogP contribution in [0.25, 0.3) is 5.57 Å². The fraction of sp³-hybridized carbons (Fsp3) is 0.167. The molecule has 0 amide bonds. The van der Waals surface area contributed by atoms with E-state index >= 15 is 0 Å². The minimum atomic E-state index is -0.414. The predicted octanol–water partition coefficient (Wildman–Crippen LogP) is 4.08. The van der Waals surface area contributed by atoms with Gasteiger partial charge in [-0.05, 0) is 41.9 Å². The lowest BCUT2D eigenvalue weighted by molar-refractivity contribution is -0.384. The zero-order chi connectivity index (χ0) is 16.9. The maximum atomic E-state index is 10.7. The molecule has 0 radical (unpaired) electrons. The highest BCUT2D eigenvalue weighted by Crippen LogP contribution is 2.23. The first-order chi connectivity index (χ1) is 11.6. The van der Waals surface area contributed by atoms with E-state index in [4.69, 9.17) is 12.2 Å². The van der Waals surface area contributed by atoms with Gasteiger partial charge < -0.3 is 10.2 Å². The van der Waals surface area contributed by atoms with E-state index in [1.807, 2.05) is 18.2 Å². The van der Waals surface area contributed by atoms with Crippen LogP contribution in [0.3, 0.4) is 0 Å². The van der Waals surface area contributed by atoms with Crippen molar-refractivity contribution in [3.8, 4) is 0 Å². The average molecular weight is 339 g/mol. The molecule has 0 bridgehead atoms. The van der Waals surface area contributed by atoms with Gasteiger partial charge >= 0.3 is 0 Å². The van der Waals surface area contributed by atoms with E-state index in [-0.39, 0.29) is 5.69 Å². The Balaban J connectivity index is 1.61. The molecule has 5 nitrogen and oxygen atoms in total. The molecule has 24 heavy (non-hydrogen) atoms. The molecule has 0 aliphatic carbocycles. The van der Waals surface area contributed by atoms with Gasteiger partial charge in [-0.3, -0.25) is 10.1 Å². The van der Waals surface area contributed by atoms with Crippen molar-refractivity contribution in [2.45, 2.75) is 6.42 Å². The summed E-state index contributed by atoms with van der Waals surface area (Å²) in [4.78, 5) is 12.3. The first-order valence-corrected chi connectivity index (χ1v) is 8.09. The molecule has 0 saturated heterocycles. The summed E-state index contributed by atoms with van der Waals surface area (Å²) in [6, 6.07) is 16.6. The summed E-state index contributed by atoms with van der Waals surface area (Å²) >= 11 is 5.45. The van der Waals surface area contributed by atoms with Crippen molar-refractivity contribution in [3.05, 3.63) is 76.4 Å². The van der Waals surface area contributed by atoms with Gasteiger partial charge in [0.05, 0.1) is 4.92 Å². The second-order valence-electron chi connectivity index (χ2n) is 5.53. The third kappa shape index (κ3) is 3.78. The lowest BCUT2D eigenvalue weighted by Crippen LogP contribution is -2.37. The summed E-state index contributed by atoms with van der Waals surface area (Å²) in [5, 5.41) is 14.4. The Hall–Kier alpha value is -2.73. The van der Waals surface area contributed by atoms with Gasteiger partial charge in [-0.15, -0.1) is 0 Å². The number of anilines is 1. The largest absolute Gasteiger partial charge is 0.345 e. The standard InChI is InChI=1S/C18H17N3O2S/c22-21(23)17-8-6-16(7-9-17)19-18(24)20-12-10-15(11-13-20)14-4-2-1-3-5-14/h1-10H,11-13H2,(H,19,24). The molecule has 1 aliphatic heterocycles. The van der Waals surface area contributed by atoms with E-state index in [9.17, 15) is 10.1 Å². The van der Waals surface area contributed by atoms with Crippen molar-refractivity contribution in [1.82, 2.24) is 4.90 Å². The number of hydrogen-bond acceptors (Lipinski definition) is 3. The van der Waals surface area contributed by atoms with E-state index in [1.165, 1.54) is 23.3 Å². The summed E-state index contributed by atoms with van der Waals surface area (Å²) < 4.78 is 0. The van der Waals surface area contributed by atoms with Crippen LogP contribution in [0.5, 0.6) is 0 Å². The Bertz CT molecular complexity index is 773. The number of nitro benzene ring substituents is 1. The molecule has 1 N–H and O–H groups in total. The molecule has 1 aliphatic rings. The van der Waals surface area contributed by atoms with Gasteiger partial charge in [0.15, 0.2) is 5.11 Å². The van der Waals surface area contributed by atoms with Gasteiger partial charge in [-0.2, -0.15) is 0 Å². The Morgan fingerprint density at radius 1 is 1.12 bits per heavy atom. The molecule has 2 aromatic carbocycles. The first kappa shape index (κ1) is 16.1. The van der Waals surface area contributed by atoms with Gasteiger partial charge in [-0.25, -0.2) is 0 Å². The second kappa shape index (κ2) is 7.23. The zero-order valence-electron chi connectivity index (χ0n) is 13.0. The molecule has 3 rings (SSSR count). The van der Waals surface area contributed by atoms with Crippen molar-refractivity contribution in [2.24, 2.45) is 0 Å². The van der Waals surface area contributed by atoms with Crippen LogP contribution in [-0.2, 0) is 0 Å². The van der Waals surface area contributed by atoms with Crippen LogP contribution >= 0.6 is 12.2 Å². The highest BCUT2D eigenvalue weighted by Gasteiger charge is 2.15. The van der Waals surface area contributed by atoms with Crippen molar-refractivity contribution in [2.75, 3.05) is 18.4 Å². The predicted molar refractivity (Wildman–Crippen MR) is 99.9 cm³/mol. The molecule has 0 spiro atoms. The molecule has 1 heterocycles. The number of nitrogens with zero attached hydrogens (tertiary/aromatic N) is 2. The van der Waals surface area contributed by atoms with Crippen LogP contribution in [0.1, 0.15) is 12.0 Å². The number of hydrogen-bond donors (Lipinski definition) is 1. The van der Waals surface area contributed by atoms with Crippen LogP contribution in [-0.4, -0.2) is 28.0 Å². The van der Waals surface area contributed by atoms with E-state index in [0.717, 1.165) is 25.2 Å². The fourth-order valence-corrected chi connectivity index (χ4v) is 2.92. The molecule has 6 heteroatoms. The third-order valence-electron chi connectivity index (χ3n) is 3.97. The fourth-order valence-electron chi connectivity index (χ4n) is 2.64. The number of nitro groups is 1. The smallest absolute Gasteiger partial charge is 0.269 e. The van der Waals surface area contributed by atoms with Crippen molar-refractivity contribution < 1.29 is 4.92 Å².